The van der Waals surface area contributed by atoms with Gasteiger partial charge < -0.3 is 17.2 Å². The van der Waals surface area contributed by atoms with Gasteiger partial charge in [0.05, 0.1) is 0 Å². The van der Waals surface area contributed by atoms with E-state index in [2.05, 4.69) is 36.4 Å². The third-order valence-electron chi connectivity index (χ3n) is 7.80. The maximum Gasteiger partial charge on any atom is 0.164 e. The van der Waals surface area contributed by atoms with Crippen molar-refractivity contribution in [3.63, 3.8) is 0 Å². The summed E-state index contributed by atoms with van der Waals surface area (Å²) < 4.78 is 0. The number of nitrogens with two attached hydrogens (primary N) is 3. The smallest absolute Gasteiger partial charge is 0.164 e. The Bertz CT molecular complexity index is 1810. The highest BCUT2D eigenvalue weighted by atomic mass is 15.0. The van der Waals surface area contributed by atoms with Crippen molar-refractivity contribution in [1.29, 1.82) is 0 Å². The van der Waals surface area contributed by atoms with Crippen LogP contribution in [0.5, 0.6) is 0 Å². The summed E-state index contributed by atoms with van der Waals surface area (Å²) in [6.07, 6.45) is 0. The predicted octanol–water partition coefficient (Wildman–Crippen LogP) is 8.62. The zero-order valence-electron chi connectivity index (χ0n) is 24.4. The molecule has 1 heterocycles. The Morgan fingerprint density at radius 3 is 0.578 bits per heavy atom. The summed E-state index contributed by atoms with van der Waals surface area (Å²) in [5.74, 6) is 1.80. The lowest BCUT2D eigenvalue weighted by molar-refractivity contribution is 1.07. The molecule has 6 aromatic carbocycles. The predicted molar refractivity (Wildman–Crippen MR) is 186 cm³/mol. The SMILES string of the molecule is Nc1ccc(-c2ccc(-c3nc(-c4ccc(-c5ccc(N)cc5)cc4)nc(-c4ccc(-c5ccc(N)cc5)cc4)n3)cc2)cc1. The van der Waals surface area contributed by atoms with Crippen LogP contribution in [0.1, 0.15) is 0 Å². The van der Waals surface area contributed by atoms with Gasteiger partial charge in [-0.15, -0.1) is 0 Å². The Morgan fingerprint density at radius 1 is 0.222 bits per heavy atom. The summed E-state index contributed by atoms with van der Waals surface area (Å²) in [5.41, 5.74) is 29.1. The topological polar surface area (TPSA) is 117 Å². The third-order valence-corrected chi connectivity index (χ3v) is 7.80. The van der Waals surface area contributed by atoms with Gasteiger partial charge in [0, 0.05) is 33.8 Å². The Morgan fingerprint density at radius 2 is 0.378 bits per heavy atom. The van der Waals surface area contributed by atoms with Crippen LogP contribution in [0.2, 0.25) is 0 Å². The second kappa shape index (κ2) is 11.8. The molecule has 0 atom stereocenters. The van der Waals surface area contributed by atoms with Crippen molar-refractivity contribution in [3.8, 4) is 67.5 Å². The number of hydrogen-bond acceptors (Lipinski definition) is 6. The molecule has 6 heteroatoms. The third kappa shape index (κ3) is 5.98. The van der Waals surface area contributed by atoms with Crippen molar-refractivity contribution >= 4 is 17.1 Å². The number of aromatic nitrogens is 3. The highest BCUT2D eigenvalue weighted by molar-refractivity contribution is 5.74. The fraction of sp³-hybridized carbons (Fsp3) is 0. The highest BCUT2D eigenvalue weighted by Gasteiger charge is 2.13. The molecule has 0 aliphatic rings. The molecule has 45 heavy (non-hydrogen) atoms. The molecule has 0 aliphatic heterocycles. The monoisotopic (exact) mass is 582 g/mol. The summed E-state index contributed by atoms with van der Waals surface area (Å²) in [6.45, 7) is 0. The summed E-state index contributed by atoms with van der Waals surface area (Å²) >= 11 is 0. The molecule has 0 amide bonds. The first-order chi connectivity index (χ1) is 22.0. The maximum atomic E-state index is 5.88. The van der Waals surface area contributed by atoms with Crippen LogP contribution in [0.25, 0.3) is 67.5 Å². The van der Waals surface area contributed by atoms with Crippen molar-refractivity contribution in [2.45, 2.75) is 0 Å². The molecule has 0 radical (unpaired) electrons. The van der Waals surface area contributed by atoms with Gasteiger partial charge in [0.1, 0.15) is 0 Å². The van der Waals surface area contributed by atoms with E-state index >= 15 is 0 Å². The lowest BCUT2D eigenvalue weighted by Crippen LogP contribution is -2.00. The molecule has 0 saturated heterocycles. The Hall–Kier alpha value is -6.27. The minimum Gasteiger partial charge on any atom is -0.399 e. The molecule has 0 aliphatic carbocycles. The molecular formula is C39H30N6. The number of rotatable bonds is 6. The van der Waals surface area contributed by atoms with Crippen LogP contribution in [0, 0.1) is 0 Å². The van der Waals surface area contributed by atoms with Crippen molar-refractivity contribution < 1.29 is 0 Å². The van der Waals surface area contributed by atoms with Crippen molar-refractivity contribution in [3.05, 3.63) is 146 Å². The van der Waals surface area contributed by atoms with Gasteiger partial charge in [0.2, 0.25) is 0 Å². The Labute approximate surface area is 261 Å². The van der Waals surface area contributed by atoms with Gasteiger partial charge in [0.25, 0.3) is 0 Å². The van der Waals surface area contributed by atoms with Gasteiger partial charge in [0.15, 0.2) is 17.5 Å². The Balaban J connectivity index is 1.27. The van der Waals surface area contributed by atoms with E-state index in [4.69, 9.17) is 32.2 Å². The lowest BCUT2D eigenvalue weighted by Gasteiger charge is -2.10. The maximum absolute atomic E-state index is 5.88. The number of hydrogen-bond donors (Lipinski definition) is 3. The second-order valence-electron chi connectivity index (χ2n) is 10.9. The average Bonchev–Trinajstić information content (AvgIpc) is 3.09. The van der Waals surface area contributed by atoms with Crippen LogP contribution in [0.4, 0.5) is 17.1 Å². The van der Waals surface area contributed by atoms with Crippen molar-refractivity contribution in [2.75, 3.05) is 17.2 Å². The molecule has 0 saturated carbocycles. The summed E-state index contributed by atoms with van der Waals surface area (Å²) in [7, 11) is 0. The van der Waals surface area contributed by atoms with Gasteiger partial charge in [-0.2, -0.15) is 0 Å². The van der Waals surface area contributed by atoms with Crippen molar-refractivity contribution in [2.24, 2.45) is 0 Å². The summed E-state index contributed by atoms with van der Waals surface area (Å²) in [5, 5.41) is 0. The molecule has 0 unspecified atom stereocenters. The van der Waals surface area contributed by atoms with E-state index in [-0.39, 0.29) is 0 Å². The van der Waals surface area contributed by atoms with E-state index in [9.17, 15) is 0 Å². The molecule has 0 fully saturated rings. The van der Waals surface area contributed by atoms with Crippen LogP contribution >= 0.6 is 0 Å². The molecule has 1 aromatic heterocycles. The minimum atomic E-state index is 0.601. The lowest BCUT2D eigenvalue weighted by atomic mass is 10.0. The van der Waals surface area contributed by atoms with Crippen LogP contribution in [-0.4, -0.2) is 15.0 Å². The van der Waals surface area contributed by atoms with Gasteiger partial charge in [-0.1, -0.05) is 109 Å². The van der Waals surface area contributed by atoms with Gasteiger partial charge in [-0.05, 0) is 69.8 Å². The second-order valence-corrected chi connectivity index (χ2v) is 10.9. The quantitative estimate of drug-likeness (QED) is 0.169. The van der Waals surface area contributed by atoms with Gasteiger partial charge in [-0.25, -0.2) is 15.0 Å². The van der Waals surface area contributed by atoms with E-state index in [0.29, 0.717) is 17.5 Å². The zero-order chi connectivity index (χ0) is 30.8. The van der Waals surface area contributed by atoms with Crippen LogP contribution in [0.15, 0.2) is 146 Å². The van der Waals surface area contributed by atoms with E-state index in [1.165, 1.54) is 0 Å². The van der Waals surface area contributed by atoms with E-state index in [1.807, 2.05) is 109 Å². The molecule has 7 aromatic rings. The minimum absolute atomic E-state index is 0.601. The molecule has 0 spiro atoms. The van der Waals surface area contributed by atoms with Gasteiger partial charge in [-0.3, -0.25) is 0 Å². The first kappa shape index (κ1) is 27.6. The highest BCUT2D eigenvalue weighted by Crippen LogP contribution is 2.30. The summed E-state index contributed by atoms with van der Waals surface area (Å²) in [6, 6.07) is 48.3. The molecule has 0 bridgehead atoms. The first-order valence-electron chi connectivity index (χ1n) is 14.6. The van der Waals surface area contributed by atoms with Crippen LogP contribution in [0.3, 0.4) is 0 Å². The normalized spacial score (nSPS) is 10.9. The zero-order valence-corrected chi connectivity index (χ0v) is 24.4. The summed E-state index contributed by atoms with van der Waals surface area (Å²) in [4.78, 5) is 14.8. The molecule has 6 N–H and O–H groups in total. The van der Waals surface area contributed by atoms with E-state index in [0.717, 1.165) is 67.1 Å². The molecule has 7 rings (SSSR count). The van der Waals surface area contributed by atoms with E-state index < -0.39 is 0 Å². The first-order valence-corrected chi connectivity index (χ1v) is 14.6. The fourth-order valence-corrected chi connectivity index (χ4v) is 5.23. The van der Waals surface area contributed by atoms with Crippen LogP contribution < -0.4 is 17.2 Å². The number of anilines is 3. The fourth-order valence-electron chi connectivity index (χ4n) is 5.23. The van der Waals surface area contributed by atoms with Crippen molar-refractivity contribution in [1.82, 2.24) is 15.0 Å². The average molecular weight is 583 g/mol. The molecule has 216 valence electrons. The Kier molecular flexibility index (Phi) is 7.21. The molecular weight excluding hydrogens is 552 g/mol. The number of nitrogen functional groups attached to an aromatic ring is 3. The van der Waals surface area contributed by atoms with Crippen LogP contribution in [-0.2, 0) is 0 Å². The van der Waals surface area contributed by atoms with E-state index in [1.54, 1.807) is 0 Å². The largest absolute Gasteiger partial charge is 0.399 e. The number of benzene rings is 6. The standard InChI is InChI=1S/C39H30N6/c40-34-19-13-28(14-20-34)25-1-7-31(8-2-25)37-43-38(32-9-3-26(4-10-32)29-15-21-35(41)22-16-29)45-39(44-37)33-11-5-27(6-12-33)30-17-23-36(42)24-18-30/h1-24H,40-42H2. The number of nitrogens with zero attached hydrogens (tertiary/aromatic N) is 3. The van der Waals surface area contributed by atoms with Gasteiger partial charge >= 0.3 is 0 Å². The molecule has 6 nitrogen and oxygen atoms in total.